The standard InChI is InChI=1S/C11H13BrO2/c1-7-4-5-8(2)11(12)9(7)6-10(13)14-3/h4-5H,6H2,1-3H3. The van der Waals surface area contributed by atoms with E-state index in [1.54, 1.807) is 0 Å². The molecule has 0 spiro atoms. The fraction of sp³-hybridized carbons (Fsp3) is 0.364. The summed E-state index contributed by atoms with van der Waals surface area (Å²) in [6.45, 7) is 3.99. The molecule has 76 valence electrons. The lowest BCUT2D eigenvalue weighted by Gasteiger charge is -2.09. The molecule has 0 amide bonds. The number of carbonyl (C=O) groups excluding carboxylic acids is 1. The summed E-state index contributed by atoms with van der Waals surface area (Å²) in [4.78, 5) is 11.2. The quantitative estimate of drug-likeness (QED) is 0.761. The fourth-order valence-corrected chi connectivity index (χ4v) is 1.85. The van der Waals surface area contributed by atoms with Gasteiger partial charge in [0.2, 0.25) is 0 Å². The summed E-state index contributed by atoms with van der Waals surface area (Å²) in [6, 6.07) is 4.04. The summed E-state index contributed by atoms with van der Waals surface area (Å²) in [5.74, 6) is -0.209. The minimum Gasteiger partial charge on any atom is -0.469 e. The van der Waals surface area contributed by atoms with Crippen molar-refractivity contribution in [1.82, 2.24) is 0 Å². The molecule has 2 nitrogen and oxygen atoms in total. The zero-order chi connectivity index (χ0) is 10.7. The number of hydrogen-bond acceptors (Lipinski definition) is 2. The van der Waals surface area contributed by atoms with Crippen LogP contribution >= 0.6 is 15.9 Å². The van der Waals surface area contributed by atoms with Crippen LogP contribution in [0.4, 0.5) is 0 Å². The molecular weight excluding hydrogens is 244 g/mol. The number of aryl methyl sites for hydroxylation is 2. The van der Waals surface area contributed by atoms with Gasteiger partial charge in [0.1, 0.15) is 0 Å². The highest BCUT2D eigenvalue weighted by Crippen LogP contribution is 2.25. The van der Waals surface area contributed by atoms with E-state index in [1.165, 1.54) is 7.11 Å². The number of esters is 1. The molecule has 0 fully saturated rings. The molecule has 14 heavy (non-hydrogen) atoms. The molecule has 1 rings (SSSR count). The summed E-state index contributed by atoms with van der Waals surface area (Å²) in [6.07, 6.45) is 0.324. The number of methoxy groups -OCH3 is 1. The molecule has 0 aliphatic heterocycles. The minimum atomic E-state index is -0.209. The highest BCUT2D eigenvalue weighted by molar-refractivity contribution is 9.10. The highest BCUT2D eigenvalue weighted by atomic mass is 79.9. The number of rotatable bonds is 2. The van der Waals surface area contributed by atoms with Crippen LogP contribution in [-0.4, -0.2) is 13.1 Å². The van der Waals surface area contributed by atoms with Crippen molar-refractivity contribution in [1.29, 1.82) is 0 Å². The molecule has 0 aliphatic rings. The largest absolute Gasteiger partial charge is 0.469 e. The SMILES string of the molecule is COC(=O)Cc1c(C)ccc(C)c1Br. The van der Waals surface area contributed by atoms with Crippen molar-refractivity contribution in [3.8, 4) is 0 Å². The normalized spacial score (nSPS) is 10.0. The molecular formula is C11H13BrO2. The Bertz CT molecular complexity index is 359. The molecule has 0 unspecified atom stereocenters. The van der Waals surface area contributed by atoms with Crippen molar-refractivity contribution >= 4 is 21.9 Å². The molecule has 0 atom stereocenters. The average molecular weight is 257 g/mol. The third-order valence-electron chi connectivity index (χ3n) is 2.22. The second-order valence-electron chi connectivity index (χ2n) is 3.24. The lowest BCUT2D eigenvalue weighted by atomic mass is 10.0. The van der Waals surface area contributed by atoms with E-state index in [0.717, 1.165) is 21.2 Å². The average Bonchev–Trinajstić information content (AvgIpc) is 2.18. The molecule has 0 N–H and O–H groups in total. The van der Waals surface area contributed by atoms with E-state index < -0.39 is 0 Å². The van der Waals surface area contributed by atoms with Crippen LogP contribution in [0.2, 0.25) is 0 Å². The van der Waals surface area contributed by atoms with E-state index in [9.17, 15) is 4.79 Å². The summed E-state index contributed by atoms with van der Waals surface area (Å²) in [5.41, 5.74) is 3.25. The molecule has 0 aromatic heterocycles. The van der Waals surface area contributed by atoms with Crippen molar-refractivity contribution in [2.45, 2.75) is 20.3 Å². The first-order chi connectivity index (χ1) is 6.56. The molecule has 0 aliphatic carbocycles. The molecule has 0 saturated heterocycles. The molecule has 1 aromatic carbocycles. The molecule has 1 aromatic rings. The molecule has 0 heterocycles. The van der Waals surface area contributed by atoms with Gasteiger partial charge in [-0.1, -0.05) is 28.1 Å². The third kappa shape index (κ3) is 2.35. The van der Waals surface area contributed by atoms with Crippen LogP contribution in [-0.2, 0) is 16.0 Å². The van der Waals surface area contributed by atoms with Gasteiger partial charge in [-0.25, -0.2) is 0 Å². The Morgan fingerprint density at radius 3 is 2.50 bits per heavy atom. The predicted molar refractivity (Wildman–Crippen MR) is 59.3 cm³/mol. The monoisotopic (exact) mass is 256 g/mol. The Kier molecular flexibility index (Phi) is 3.69. The molecule has 0 saturated carbocycles. The van der Waals surface area contributed by atoms with Crippen molar-refractivity contribution in [2.75, 3.05) is 7.11 Å². The van der Waals surface area contributed by atoms with E-state index in [4.69, 9.17) is 0 Å². The van der Waals surface area contributed by atoms with Crippen LogP contribution in [0.1, 0.15) is 16.7 Å². The Labute approximate surface area is 92.4 Å². The predicted octanol–water partition coefficient (Wildman–Crippen LogP) is 2.78. The van der Waals surface area contributed by atoms with Crippen LogP contribution < -0.4 is 0 Å². The van der Waals surface area contributed by atoms with Gasteiger partial charge < -0.3 is 4.74 Å². The van der Waals surface area contributed by atoms with Crippen molar-refractivity contribution in [2.24, 2.45) is 0 Å². The van der Waals surface area contributed by atoms with Gasteiger partial charge in [-0.05, 0) is 30.5 Å². The van der Waals surface area contributed by atoms with E-state index in [-0.39, 0.29) is 5.97 Å². The van der Waals surface area contributed by atoms with Crippen molar-refractivity contribution in [3.05, 3.63) is 33.3 Å². The van der Waals surface area contributed by atoms with Crippen LogP contribution in [0, 0.1) is 13.8 Å². The Hall–Kier alpha value is -0.830. The van der Waals surface area contributed by atoms with E-state index in [2.05, 4.69) is 20.7 Å². The highest BCUT2D eigenvalue weighted by Gasteiger charge is 2.10. The zero-order valence-electron chi connectivity index (χ0n) is 8.56. The maximum absolute atomic E-state index is 11.2. The lowest BCUT2D eigenvalue weighted by Crippen LogP contribution is -2.07. The smallest absolute Gasteiger partial charge is 0.310 e. The summed E-state index contributed by atoms with van der Waals surface area (Å²) in [7, 11) is 1.40. The maximum atomic E-state index is 11.2. The van der Waals surface area contributed by atoms with Crippen molar-refractivity contribution in [3.63, 3.8) is 0 Å². The first-order valence-corrected chi connectivity index (χ1v) is 5.17. The van der Waals surface area contributed by atoms with Crippen molar-refractivity contribution < 1.29 is 9.53 Å². The van der Waals surface area contributed by atoms with E-state index in [1.807, 2.05) is 26.0 Å². The zero-order valence-corrected chi connectivity index (χ0v) is 10.1. The first kappa shape index (κ1) is 11.2. The third-order valence-corrected chi connectivity index (χ3v) is 3.32. The van der Waals surface area contributed by atoms with E-state index in [0.29, 0.717) is 6.42 Å². The van der Waals surface area contributed by atoms with Gasteiger partial charge >= 0.3 is 5.97 Å². The van der Waals surface area contributed by atoms with Crippen LogP contribution in [0.5, 0.6) is 0 Å². The topological polar surface area (TPSA) is 26.3 Å². The Balaban J connectivity index is 3.06. The van der Waals surface area contributed by atoms with E-state index >= 15 is 0 Å². The fourth-order valence-electron chi connectivity index (χ4n) is 1.27. The van der Waals surface area contributed by atoms with Gasteiger partial charge in [-0.15, -0.1) is 0 Å². The molecule has 0 bridgehead atoms. The summed E-state index contributed by atoms with van der Waals surface area (Å²) < 4.78 is 5.65. The molecule has 3 heteroatoms. The van der Waals surface area contributed by atoms with Gasteiger partial charge in [-0.2, -0.15) is 0 Å². The van der Waals surface area contributed by atoms with Gasteiger partial charge in [-0.3, -0.25) is 4.79 Å². The number of halogens is 1. The van der Waals surface area contributed by atoms with Gasteiger partial charge in [0.25, 0.3) is 0 Å². The second-order valence-corrected chi connectivity index (χ2v) is 4.04. The molecule has 0 radical (unpaired) electrons. The number of hydrogen-bond donors (Lipinski definition) is 0. The second kappa shape index (κ2) is 4.60. The maximum Gasteiger partial charge on any atom is 0.310 e. The van der Waals surface area contributed by atoms with Crippen LogP contribution in [0.3, 0.4) is 0 Å². The van der Waals surface area contributed by atoms with Crippen LogP contribution in [0.15, 0.2) is 16.6 Å². The van der Waals surface area contributed by atoms with Gasteiger partial charge in [0, 0.05) is 4.47 Å². The minimum absolute atomic E-state index is 0.209. The number of carbonyl (C=O) groups is 1. The summed E-state index contributed by atoms with van der Waals surface area (Å²) in [5, 5.41) is 0. The van der Waals surface area contributed by atoms with Gasteiger partial charge in [0.05, 0.1) is 13.5 Å². The lowest BCUT2D eigenvalue weighted by molar-refractivity contribution is -0.139. The van der Waals surface area contributed by atoms with Crippen LogP contribution in [0.25, 0.3) is 0 Å². The Morgan fingerprint density at radius 1 is 1.36 bits per heavy atom. The number of ether oxygens (including phenoxy) is 1. The van der Waals surface area contributed by atoms with Gasteiger partial charge in [0.15, 0.2) is 0 Å². The first-order valence-electron chi connectivity index (χ1n) is 4.37. The Morgan fingerprint density at radius 2 is 1.93 bits per heavy atom. The number of benzene rings is 1. The summed E-state index contributed by atoms with van der Waals surface area (Å²) >= 11 is 3.48.